The van der Waals surface area contributed by atoms with E-state index in [2.05, 4.69) is 9.97 Å². The van der Waals surface area contributed by atoms with Crippen LogP contribution in [0.1, 0.15) is 25.6 Å². The maximum Gasteiger partial charge on any atom is 0.310 e. The Morgan fingerprint density at radius 1 is 1.50 bits per heavy atom. The summed E-state index contributed by atoms with van der Waals surface area (Å²) in [6.45, 7) is 1.83. The number of rotatable bonds is 4. The molecule has 0 unspecified atom stereocenters. The molecule has 18 heavy (non-hydrogen) atoms. The fourth-order valence-electron chi connectivity index (χ4n) is 2.55. The number of carboxylic acid groups (broad SMARTS) is 1. The molecule has 4 nitrogen and oxygen atoms in total. The number of para-hydroxylation sites is 2. The van der Waals surface area contributed by atoms with E-state index >= 15 is 0 Å². The van der Waals surface area contributed by atoms with Crippen LogP contribution in [0.2, 0.25) is 0 Å². The van der Waals surface area contributed by atoms with E-state index in [4.69, 9.17) is 0 Å². The highest BCUT2D eigenvalue weighted by Crippen LogP contribution is 2.47. The second-order valence-electron chi connectivity index (χ2n) is 5.37. The minimum atomic E-state index is -0.717. The van der Waals surface area contributed by atoms with Gasteiger partial charge in [-0.3, -0.25) is 4.79 Å². The van der Waals surface area contributed by atoms with Gasteiger partial charge in [-0.2, -0.15) is 0 Å². The third-order valence-electron chi connectivity index (χ3n) is 3.94. The number of hydrogen-bond acceptors (Lipinski definition) is 2. The molecule has 2 N–H and O–H groups in total. The largest absolute Gasteiger partial charge is 0.481 e. The number of fused-ring (bicyclic) bond motifs is 1. The highest BCUT2D eigenvalue weighted by molar-refractivity contribution is 5.77. The van der Waals surface area contributed by atoms with Gasteiger partial charge in [0.15, 0.2) is 0 Å². The van der Waals surface area contributed by atoms with Gasteiger partial charge in [0.25, 0.3) is 0 Å². The molecule has 0 aliphatic heterocycles. The van der Waals surface area contributed by atoms with Crippen LogP contribution in [-0.2, 0) is 11.2 Å². The van der Waals surface area contributed by atoms with Crippen LogP contribution in [0.4, 0.5) is 0 Å². The summed E-state index contributed by atoms with van der Waals surface area (Å²) in [6.07, 6.45) is 2.51. The third kappa shape index (κ3) is 1.78. The van der Waals surface area contributed by atoms with Gasteiger partial charge in [0.2, 0.25) is 0 Å². The molecular weight excluding hydrogens is 228 g/mol. The van der Waals surface area contributed by atoms with Gasteiger partial charge in [-0.05, 0) is 37.8 Å². The third-order valence-corrected chi connectivity index (χ3v) is 3.94. The number of aromatic amines is 1. The van der Waals surface area contributed by atoms with Crippen LogP contribution in [0.5, 0.6) is 0 Å². The van der Waals surface area contributed by atoms with Gasteiger partial charge in [-0.15, -0.1) is 0 Å². The quantitative estimate of drug-likeness (QED) is 0.868. The number of H-pyrrole nitrogens is 1. The van der Waals surface area contributed by atoms with Crippen molar-refractivity contribution >= 4 is 17.0 Å². The molecule has 1 aromatic heterocycles. The van der Waals surface area contributed by atoms with E-state index in [1.165, 1.54) is 0 Å². The molecule has 0 bridgehead atoms. The van der Waals surface area contributed by atoms with Crippen molar-refractivity contribution in [3.05, 3.63) is 30.1 Å². The van der Waals surface area contributed by atoms with E-state index < -0.39 is 11.4 Å². The molecule has 1 fully saturated rings. The molecule has 0 saturated heterocycles. The number of nitrogens with zero attached hydrogens (tertiary/aromatic N) is 1. The lowest BCUT2D eigenvalue weighted by Crippen LogP contribution is -2.32. The van der Waals surface area contributed by atoms with Crippen LogP contribution in [0.15, 0.2) is 24.3 Å². The molecule has 1 saturated carbocycles. The number of aromatic nitrogens is 2. The minimum absolute atomic E-state index is 0.295. The molecule has 1 aliphatic carbocycles. The SMILES string of the molecule is C[C@@](Cc1nc2ccccc2[nH]1)(C(=O)O)C1CC1. The zero-order chi connectivity index (χ0) is 12.8. The van der Waals surface area contributed by atoms with E-state index in [0.717, 1.165) is 29.7 Å². The summed E-state index contributed by atoms with van der Waals surface area (Å²) in [5.41, 5.74) is 1.18. The monoisotopic (exact) mass is 244 g/mol. The van der Waals surface area contributed by atoms with E-state index in [-0.39, 0.29) is 0 Å². The maximum atomic E-state index is 11.5. The average Bonchev–Trinajstić information content (AvgIpc) is 3.10. The van der Waals surface area contributed by atoms with Gasteiger partial charge in [-0.25, -0.2) is 4.98 Å². The van der Waals surface area contributed by atoms with Crippen molar-refractivity contribution in [2.75, 3.05) is 0 Å². The average molecular weight is 244 g/mol. The van der Waals surface area contributed by atoms with E-state index in [1.54, 1.807) is 0 Å². The standard InChI is InChI=1S/C14H16N2O2/c1-14(13(17)18,9-6-7-9)8-12-15-10-4-2-3-5-11(10)16-12/h2-5,9H,6-8H2,1H3,(H,15,16)(H,17,18)/t14-/m0/s1. The first kappa shape index (κ1) is 11.3. The van der Waals surface area contributed by atoms with Crippen LogP contribution in [0.3, 0.4) is 0 Å². The highest BCUT2D eigenvalue weighted by Gasteiger charge is 2.47. The predicted molar refractivity (Wildman–Crippen MR) is 68.3 cm³/mol. The first-order chi connectivity index (χ1) is 8.59. The second-order valence-corrected chi connectivity index (χ2v) is 5.37. The maximum absolute atomic E-state index is 11.5. The number of aliphatic carboxylic acids is 1. The summed E-state index contributed by atoms with van der Waals surface area (Å²) < 4.78 is 0. The Morgan fingerprint density at radius 2 is 2.22 bits per heavy atom. The summed E-state index contributed by atoms with van der Waals surface area (Å²) in [5.74, 6) is 0.349. The fraction of sp³-hybridized carbons (Fsp3) is 0.429. The Morgan fingerprint density at radius 3 is 2.83 bits per heavy atom. The minimum Gasteiger partial charge on any atom is -0.481 e. The predicted octanol–water partition coefficient (Wildman–Crippen LogP) is 2.61. The number of hydrogen-bond donors (Lipinski definition) is 2. The highest BCUT2D eigenvalue weighted by atomic mass is 16.4. The Bertz CT molecular complexity index is 568. The molecule has 1 aromatic carbocycles. The zero-order valence-electron chi connectivity index (χ0n) is 10.3. The molecular formula is C14H16N2O2. The lowest BCUT2D eigenvalue weighted by atomic mass is 9.81. The van der Waals surface area contributed by atoms with Crippen LogP contribution < -0.4 is 0 Å². The van der Waals surface area contributed by atoms with E-state index in [9.17, 15) is 9.90 Å². The van der Waals surface area contributed by atoms with Crippen molar-refractivity contribution in [2.24, 2.45) is 11.3 Å². The Kier molecular flexibility index (Phi) is 2.40. The zero-order valence-corrected chi connectivity index (χ0v) is 10.3. The van der Waals surface area contributed by atoms with Crippen molar-refractivity contribution in [1.82, 2.24) is 9.97 Å². The summed E-state index contributed by atoms with van der Waals surface area (Å²) >= 11 is 0. The molecule has 0 radical (unpaired) electrons. The van der Waals surface area contributed by atoms with Gasteiger partial charge >= 0.3 is 5.97 Å². The lowest BCUT2D eigenvalue weighted by Gasteiger charge is -2.23. The van der Waals surface area contributed by atoms with Gasteiger partial charge in [-0.1, -0.05) is 12.1 Å². The molecule has 0 spiro atoms. The molecule has 2 aromatic rings. The Balaban J connectivity index is 1.92. The first-order valence-corrected chi connectivity index (χ1v) is 6.26. The number of imidazole rings is 1. The molecule has 0 amide bonds. The van der Waals surface area contributed by atoms with Gasteiger partial charge in [0.05, 0.1) is 16.4 Å². The van der Waals surface area contributed by atoms with Crippen LogP contribution in [-0.4, -0.2) is 21.0 Å². The molecule has 94 valence electrons. The summed E-state index contributed by atoms with van der Waals surface area (Å²) in [4.78, 5) is 19.2. The fourth-order valence-corrected chi connectivity index (χ4v) is 2.55. The lowest BCUT2D eigenvalue weighted by molar-refractivity contribution is -0.149. The van der Waals surface area contributed by atoms with E-state index in [0.29, 0.717) is 12.3 Å². The number of nitrogens with one attached hydrogen (secondary N) is 1. The molecule has 1 atom stereocenters. The van der Waals surface area contributed by atoms with Crippen molar-refractivity contribution < 1.29 is 9.90 Å². The van der Waals surface area contributed by atoms with Crippen molar-refractivity contribution in [3.8, 4) is 0 Å². The number of carboxylic acids is 1. The van der Waals surface area contributed by atoms with Crippen molar-refractivity contribution in [1.29, 1.82) is 0 Å². The first-order valence-electron chi connectivity index (χ1n) is 6.26. The Labute approximate surface area is 105 Å². The molecule has 1 aliphatic rings. The van der Waals surface area contributed by atoms with Gasteiger partial charge in [0, 0.05) is 6.42 Å². The molecule has 3 rings (SSSR count). The number of benzene rings is 1. The normalized spacial score (nSPS) is 18.7. The Hall–Kier alpha value is -1.84. The van der Waals surface area contributed by atoms with Gasteiger partial charge < -0.3 is 10.1 Å². The molecule has 1 heterocycles. The smallest absolute Gasteiger partial charge is 0.310 e. The summed E-state index contributed by atoms with van der Waals surface area (Å²) in [5, 5.41) is 9.44. The molecule has 4 heteroatoms. The van der Waals surface area contributed by atoms with Crippen molar-refractivity contribution in [3.63, 3.8) is 0 Å². The van der Waals surface area contributed by atoms with Gasteiger partial charge in [0.1, 0.15) is 5.82 Å². The second kappa shape index (κ2) is 3.83. The van der Waals surface area contributed by atoms with Crippen molar-refractivity contribution in [2.45, 2.75) is 26.2 Å². The van der Waals surface area contributed by atoms with Crippen LogP contribution >= 0.6 is 0 Å². The van der Waals surface area contributed by atoms with Crippen LogP contribution in [0, 0.1) is 11.3 Å². The van der Waals surface area contributed by atoms with Crippen LogP contribution in [0.25, 0.3) is 11.0 Å². The topological polar surface area (TPSA) is 66.0 Å². The van der Waals surface area contributed by atoms with E-state index in [1.807, 2.05) is 31.2 Å². The summed E-state index contributed by atoms with van der Waals surface area (Å²) in [7, 11) is 0. The summed E-state index contributed by atoms with van der Waals surface area (Å²) in [6, 6.07) is 7.78. The number of carbonyl (C=O) groups is 1.